The predicted octanol–water partition coefficient (Wildman–Crippen LogP) is 3.67. The summed E-state index contributed by atoms with van der Waals surface area (Å²) in [6, 6.07) is 6.43. The molecular weight excluding hydrogens is 266 g/mol. The average Bonchev–Trinajstić information content (AvgIpc) is 2.99. The summed E-state index contributed by atoms with van der Waals surface area (Å²) in [5.41, 5.74) is 2.57. The van der Waals surface area contributed by atoms with E-state index in [-0.39, 0.29) is 0 Å². The summed E-state index contributed by atoms with van der Waals surface area (Å²) in [4.78, 5) is 8.09. The van der Waals surface area contributed by atoms with Crippen LogP contribution in [0.4, 0.5) is 5.69 Å². The molecule has 2 rings (SSSR count). The highest BCUT2D eigenvalue weighted by Crippen LogP contribution is 2.22. The molecule has 0 unspecified atom stereocenters. The first kappa shape index (κ1) is 15.0. The van der Waals surface area contributed by atoms with Crippen LogP contribution in [0.3, 0.4) is 0 Å². The largest absolute Gasteiger partial charge is 0.365 e. The molecule has 0 radical (unpaired) electrons. The van der Waals surface area contributed by atoms with Gasteiger partial charge in [0, 0.05) is 24.2 Å². The molecule has 2 heterocycles. The van der Waals surface area contributed by atoms with Gasteiger partial charge in [-0.25, -0.2) is 0 Å². The zero-order chi connectivity index (χ0) is 14.2. The van der Waals surface area contributed by atoms with Crippen LogP contribution in [-0.4, -0.2) is 18.1 Å². The maximum absolute atomic E-state index is 4.31. The highest BCUT2D eigenvalue weighted by Gasteiger charge is 2.10. The lowest BCUT2D eigenvalue weighted by Gasteiger charge is -2.25. The summed E-state index contributed by atoms with van der Waals surface area (Å²) in [6.45, 7) is 8.30. The number of hydrogen-bond donors (Lipinski definition) is 1. The molecule has 3 nitrogen and oxygen atoms in total. The number of aromatic nitrogens is 1. The first-order valence-corrected chi connectivity index (χ1v) is 8.14. The number of rotatable bonds is 8. The van der Waals surface area contributed by atoms with Crippen molar-refractivity contribution in [2.45, 2.75) is 33.4 Å². The minimum atomic E-state index is 0.909. The fraction of sp³-hybridized carbons (Fsp3) is 0.438. The van der Waals surface area contributed by atoms with Crippen LogP contribution in [0.25, 0.3) is 0 Å². The SMILES string of the molecule is CCCNCc1ccncc1N(CC)Cc1cccs1. The van der Waals surface area contributed by atoms with Crippen LogP contribution in [0.2, 0.25) is 0 Å². The van der Waals surface area contributed by atoms with E-state index in [1.54, 1.807) is 0 Å². The van der Waals surface area contributed by atoms with Gasteiger partial charge in [0.15, 0.2) is 0 Å². The van der Waals surface area contributed by atoms with Gasteiger partial charge in [-0.15, -0.1) is 11.3 Å². The Morgan fingerprint density at radius 1 is 1.30 bits per heavy atom. The molecule has 2 aromatic heterocycles. The van der Waals surface area contributed by atoms with E-state index in [0.29, 0.717) is 0 Å². The smallest absolute Gasteiger partial charge is 0.0601 e. The fourth-order valence-corrected chi connectivity index (χ4v) is 2.93. The van der Waals surface area contributed by atoms with E-state index in [9.17, 15) is 0 Å². The Morgan fingerprint density at radius 3 is 2.90 bits per heavy atom. The van der Waals surface area contributed by atoms with E-state index < -0.39 is 0 Å². The number of nitrogens with zero attached hydrogens (tertiary/aromatic N) is 2. The minimum absolute atomic E-state index is 0.909. The molecule has 0 saturated carbocycles. The molecule has 0 amide bonds. The van der Waals surface area contributed by atoms with E-state index in [0.717, 1.165) is 32.6 Å². The molecule has 0 aliphatic carbocycles. The Bertz CT molecular complexity index is 496. The van der Waals surface area contributed by atoms with Gasteiger partial charge in [-0.3, -0.25) is 4.98 Å². The lowest BCUT2D eigenvalue weighted by Crippen LogP contribution is -2.24. The van der Waals surface area contributed by atoms with Crippen LogP contribution in [-0.2, 0) is 13.1 Å². The van der Waals surface area contributed by atoms with E-state index in [4.69, 9.17) is 0 Å². The maximum Gasteiger partial charge on any atom is 0.0601 e. The molecule has 0 aromatic carbocycles. The van der Waals surface area contributed by atoms with E-state index in [2.05, 4.69) is 52.6 Å². The fourth-order valence-electron chi connectivity index (χ4n) is 2.21. The van der Waals surface area contributed by atoms with Crippen LogP contribution in [0.5, 0.6) is 0 Å². The quantitative estimate of drug-likeness (QED) is 0.752. The van der Waals surface area contributed by atoms with Crippen molar-refractivity contribution in [1.29, 1.82) is 0 Å². The molecule has 0 aliphatic heterocycles. The topological polar surface area (TPSA) is 28.2 Å². The predicted molar refractivity (Wildman–Crippen MR) is 87.3 cm³/mol. The summed E-state index contributed by atoms with van der Waals surface area (Å²) >= 11 is 1.81. The third kappa shape index (κ3) is 4.05. The molecule has 20 heavy (non-hydrogen) atoms. The number of pyridine rings is 1. The summed E-state index contributed by atoms with van der Waals surface area (Å²) in [6.07, 6.45) is 5.03. The second-order valence-corrected chi connectivity index (χ2v) is 5.81. The standard InChI is InChI=1S/C16H23N3S/c1-3-8-17-11-14-7-9-18-12-16(14)19(4-2)13-15-6-5-10-20-15/h5-7,9-10,12,17H,3-4,8,11,13H2,1-2H3. The van der Waals surface area contributed by atoms with E-state index >= 15 is 0 Å². The van der Waals surface area contributed by atoms with Gasteiger partial charge in [0.25, 0.3) is 0 Å². The van der Waals surface area contributed by atoms with Crippen molar-refractivity contribution in [3.8, 4) is 0 Å². The van der Waals surface area contributed by atoms with Gasteiger partial charge >= 0.3 is 0 Å². The van der Waals surface area contributed by atoms with Gasteiger partial charge in [-0.05, 0) is 43.0 Å². The lowest BCUT2D eigenvalue weighted by atomic mass is 10.2. The first-order chi connectivity index (χ1) is 9.85. The molecule has 4 heteroatoms. The summed E-state index contributed by atoms with van der Waals surface area (Å²) in [5.74, 6) is 0. The maximum atomic E-state index is 4.31. The van der Waals surface area contributed by atoms with Gasteiger partial charge in [0.1, 0.15) is 0 Å². The first-order valence-electron chi connectivity index (χ1n) is 7.26. The zero-order valence-corrected chi connectivity index (χ0v) is 13.1. The van der Waals surface area contributed by atoms with Crippen LogP contribution < -0.4 is 10.2 Å². The Labute approximate surface area is 125 Å². The highest BCUT2D eigenvalue weighted by molar-refractivity contribution is 7.09. The van der Waals surface area contributed by atoms with E-state index in [1.807, 2.05) is 23.7 Å². The van der Waals surface area contributed by atoms with Crippen molar-refractivity contribution in [2.75, 3.05) is 18.0 Å². The summed E-state index contributed by atoms with van der Waals surface area (Å²) in [7, 11) is 0. The van der Waals surface area contributed by atoms with Crippen molar-refractivity contribution in [3.63, 3.8) is 0 Å². The molecule has 0 fully saturated rings. The number of hydrogen-bond acceptors (Lipinski definition) is 4. The van der Waals surface area contributed by atoms with Crippen molar-refractivity contribution in [2.24, 2.45) is 0 Å². The molecule has 2 aromatic rings. The molecule has 0 aliphatic rings. The third-order valence-electron chi connectivity index (χ3n) is 3.28. The van der Waals surface area contributed by atoms with Crippen molar-refractivity contribution >= 4 is 17.0 Å². The highest BCUT2D eigenvalue weighted by atomic mass is 32.1. The van der Waals surface area contributed by atoms with Crippen molar-refractivity contribution < 1.29 is 0 Å². The summed E-state index contributed by atoms with van der Waals surface area (Å²) in [5, 5.41) is 5.61. The van der Waals surface area contributed by atoms with Gasteiger partial charge < -0.3 is 10.2 Å². The zero-order valence-electron chi connectivity index (χ0n) is 12.3. The monoisotopic (exact) mass is 289 g/mol. The van der Waals surface area contributed by atoms with Gasteiger partial charge in [0.05, 0.1) is 18.4 Å². The molecule has 0 bridgehead atoms. The molecule has 0 saturated heterocycles. The molecular formula is C16H23N3S. The second-order valence-electron chi connectivity index (χ2n) is 4.77. The van der Waals surface area contributed by atoms with Crippen LogP contribution in [0.15, 0.2) is 36.0 Å². The van der Waals surface area contributed by atoms with Gasteiger partial charge in [-0.2, -0.15) is 0 Å². The van der Waals surface area contributed by atoms with Crippen molar-refractivity contribution in [3.05, 3.63) is 46.4 Å². The second kappa shape index (κ2) is 8.02. The average molecular weight is 289 g/mol. The Morgan fingerprint density at radius 2 is 2.20 bits per heavy atom. The van der Waals surface area contributed by atoms with E-state index in [1.165, 1.54) is 16.1 Å². The van der Waals surface area contributed by atoms with Gasteiger partial charge in [0.2, 0.25) is 0 Å². The molecule has 0 atom stereocenters. The van der Waals surface area contributed by atoms with Crippen LogP contribution in [0, 0.1) is 0 Å². The molecule has 1 N–H and O–H groups in total. The normalized spacial score (nSPS) is 10.7. The number of anilines is 1. The molecule has 108 valence electrons. The minimum Gasteiger partial charge on any atom is -0.365 e. The van der Waals surface area contributed by atoms with Crippen LogP contribution >= 0.6 is 11.3 Å². The Balaban J connectivity index is 2.11. The number of thiophene rings is 1. The van der Waals surface area contributed by atoms with Crippen molar-refractivity contribution in [1.82, 2.24) is 10.3 Å². The third-order valence-corrected chi connectivity index (χ3v) is 4.14. The Kier molecular flexibility index (Phi) is 6.02. The lowest BCUT2D eigenvalue weighted by molar-refractivity contribution is 0.671. The van der Waals surface area contributed by atoms with Gasteiger partial charge in [-0.1, -0.05) is 13.0 Å². The Hall–Kier alpha value is -1.39. The number of nitrogens with one attached hydrogen (secondary N) is 1. The summed E-state index contributed by atoms with van der Waals surface area (Å²) < 4.78 is 0. The molecule has 0 spiro atoms. The van der Waals surface area contributed by atoms with Crippen LogP contribution in [0.1, 0.15) is 30.7 Å².